The van der Waals surface area contributed by atoms with Crippen molar-refractivity contribution in [1.29, 1.82) is 0 Å². The van der Waals surface area contributed by atoms with Crippen molar-refractivity contribution in [2.75, 3.05) is 47.5 Å². The first-order valence-corrected chi connectivity index (χ1v) is 30.3. The number of likely N-dealkylation sites (N-methyl/N-ethyl adjacent to an activating group) is 1. The molecule has 0 aromatic heterocycles. The maximum absolute atomic E-state index is 12.8. The molecule has 2 atom stereocenters. The third-order valence-electron chi connectivity index (χ3n) is 13.3. The number of hydrogen-bond donors (Lipinski definition) is 1. The van der Waals surface area contributed by atoms with E-state index in [-0.39, 0.29) is 32.2 Å². The zero-order valence-electron chi connectivity index (χ0n) is 47.8. The molecule has 0 aromatic carbocycles. The molecular weight excluding hydrogens is 899 g/mol. The summed E-state index contributed by atoms with van der Waals surface area (Å²) in [5.41, 5.74) is 0. The zero-order chi connectivity index (χ0) is 52.7. The third kappa shape index (κ3) is 55.0. The molecule has 0 saturated carbocycles. The third-order valence-corrected chi connectivity index (χ3v) is 13.3. The van der Waals surface area contributed by atoms with E-state index in [1.807, 2.05) is 21.1 Å². The van der Waals surface area contributed by atoms with Gasteiger partial charge in [0.25, 0.3) is 6.29 Å². The van der Waals surface area contributed by atoms with Gasteiger partial charge >= 0.3 is 17.9 Å². The van der Waals surface area contributed by atoms with Gasteiger partial charge in [0.05, 0.1) is 34.4 Å². The van der Waals surface area contributed by atoms with E-state index >= 15 is 0 Å². The van der Waals surface area contributed by atoms with Gasteiger partial charge in [0, 0.05) is 12.8 Å². The van der Waals surface area contributed by atoms with Crippen LogP contribution in [0.25, 0.3) is 0 Å². The van der Waals surface area contributed by atoms with E-state index in [2.05, 4.69) is 62.5 Å². The van der Waals surface area contributed by atoms with Crippen LogP contribution in [0.4, 0.5) is 0 Å². The summed E-state index contributed by atoms with van der Waals surface area (Å²) in [5, 5.41) is 9.69. The summed E-state index contributed by atoms with van der Waals surface area (Å²) in [4.78, 5) is 37.3. The van der Waals surface area contributed by atoms with Crippen molar-refractivity contribution >= 4 is 17.9 Å². The Morgan fingerprint density at radius 1 is 0.431 bits per heavy atom. The van der Waals surface area contributed by atoms with Crippen molar-refractivity contribution in [3.05, 3.63) is 48.6 Å². The van der Waals surface area contributed by atoms with Crippen molar-refractivity contribution in [1.82, 2.24) is 0 Å². The summed E-state index contributed by atoms with van der Waals surface area (Å²) in [7, 11) is 5.95. The molecule has 420 valence electrons. The highest BCUT2D eigenvalue weighted by molar-refractivity contribution is 5.71. The molecule has 1 N–H and O–H groups in total. The minimum absolute atomic E-state index is 0.179. The number of esters is 2. The summed E-state index contributed by atoms with van der Waals surface area (Å²) in [6.45, 7) is 4.74. The van der Waals surface area contributed by atoms with Gasteiger partial charge in [-0.25, -0.2) is 4.79 Å². The lowest BCUT2D eigenvalue weighted by atomic mass is 10.0. The predicted molar refractivity (Wildman–Crippen MR) is 304 cm³/mol. The predicted octanol–water partition coefficient (Wildman–Crippen LogP) is 17.9. The summed E-state index contributed by atoms with van der Waals surface area (Å²) in [6, 6.07) is 0. The van der Waals surface area contributed by atoms with E-state index in [1.165, 1.54) is 186 Å². The Balaban J connectivity index is 4.06. The Kier molecular flexibility index (Phi) is 52.4. The number of carbonyl (C=O) groups excluding carboxylic acids is 2. The lowest BCUT2D eigenvalue weighted by molar-refractivity contribution is -0.870. The molecule has 0 aliphatic rings. The molecule has 0 saturated heterocycles. The van der Waals surface area contributed by atoms with Gasteiger partial charge in [-0.2, -0.15) is 0 Å². The summed E-state index contributed by atoms with van der Waals surface area (Å²) < 4.78 is 22.8. The number of aliphatic carboxylic acids is 1. The standard InChI is InChI=1S/C63H115NO8/c1-6-8-10-12-14-16-18-20-22-23-24-25-26-27-28-29-30-31-32-33-34-35-36-37-38-40-41-43-45-47-49-51-53-60(65)70-57-59(58-71-63(62(67)68)69-56-55-64(3,4)5)72-61(66)54-52-50-48-46-44-42-39-21-19-17-15-13-11-9-7-2/h9,11,15,17,21,39,44,46,59,63H,6-8,10,12-14,16,18-20,22-38,40-43,45,47-58H2,1-5H3/p+1/b11-9-,17-15-,39-21-,46-44-. The first kappa shape index (κ1) is 69.2. The minimum atomic E-state index is -1.52. The molecule has 0 heterocycles. The average Bonchev–Trinajstić information content (AvgIpc) is 3.35. The van der Waals surface area contributed by atoms with E-state index in [0.717, 1.165) is 57.8 Å². The number of unbranched alkanes of at least 4 members (excludes halogenated alkanes) is 33. The Labute approximate surface area is 444 Å². The highest BCUT2D eigenvalue weighted by atomic mass is 16.7. The molecule has 0 aliphatic heterocycles. The maximum Gasteiger partial charge on any atom is 0.361 e. The summed E-state index contributed by atoms with van der Waals surface area (Å²) in [5.74, 6) is -2.05. The molecule has 0 radical (unpaired) electrons. The van der Waals surface area contributed by atoms with Crippen LogP contribution in [0.5, 0.6) is 0 Å². The topological polar surface area (TPSA) is 108 Å². The van der Waals surface area contributed by atoms with E-state index in [0.29, 0.717) is 23.9 Å². The van der Waals surface area contributed by atoms with E-state index in [9.17, 15) is 19.5 Å². The SMILES string of the molecule is CC/C=C\C/C=C\C/C=C\C/C=C\CCCCC(=O)OC(COC(=O)CCCCCCCCCCCCCCCCCCCCCCCCCCCCCCCCCC)COC(OCC[N+](C)(C)C)C(=O)O. The van der Waals surface area contributed by atoms with Crippen LogP contribution in [0, 0.1) is 0 Å². The van der Waals surface area contributed by atoms with Crippen LogP contribution in [0.1, 0.15) is 277 Å². The second-order valence-corrected chi connectivity index (χ2v) is 21.6. The molecule has 2 unspecified atom stereocenters. The van der Waals surface area contributed by atoms with Gasteiger partial charge in [0.1, 0.15) is 13.2 Å². The minimum Gasteiger partial charge on any atom is -0.477 e. The molecule has 0 aromatic rings. The van der Waals surface area contributed by atoms with Gasteiger partial charge in [0.2, 0.25) is 0 Å². The van der Waals surface area contributed by atoms with Gasteiger partial charge in [-0.3, -0.25) is 9.59 Å². The van der Waals surface area contributed by atoms with Gasteiger partial charge in [-0.15, -0.1) is 0 Å². The highest BCUT2D eigenvalue weighted by Crippen LogP contribution is 2.18. The van der Waals surface area contributed by atoms with Gasteiger partial charge < -0.3 is 28.5 Å². The molecular formula is C63H116NO8+. The molecule has 9 nitrogen and oxygen atoms in total. The van der Waals surface area contributed by atoms with Crippen LogP contribution >= 0.6 is 0 Å². The summed E-state index contributed by atoms with van der Waals surface area (Å²) >= 11 is 0. The fraction of sp³-hybridized carbons (Fsp3) is 0.825. The Morgan fingerprint density at radius 3 is 1.18 bits per heavy atom. The Hall–Kier alpha value is -2.75. The van der Waals surface area contributed by atoms with Gasteiger partial charge in [-0.05, 0) is 51.4 Å². The monoisotopic (exact) mass is 1010 g/mol. The number of ether oxygens (including phenoxy) is 4. The number of rotatable bonds is 56. The number of hydrogen-bond acceptors (Lipinski definition) is 7. The van der Waals surface area contributed by atoms with E-state index in [1.54, 1.807) is 0 Å². The van der Waals surface area contributed by atoms with Crippen molar-refractivity contribution in [2.45, 2.75) is 289 Å². The lowest BCUT2D eigenvalue weighted by Crippen LogP contribution is -2.40. The quantitative estimate of drug-likeness (QED) is 0.0211. The fourth-order valence-corrected chi connectivity index (χ4v) is 8.71. The number of carboxylic acid groups (broad SMARTS) is 1. The van der Waals surface area contributed by atoms with Gasteiger partial charge in [0.15, 0.2) is 6.10 Å². The van der Waals surface area contributed by atoms with Crippen molar-refractivity contribution < 1.29 is 42.9 Å². The molecule has 9 heteroatoms. The smallest absolute Gasteiger partial charge is 0.361 e. The molecule has 0 bridgehead atoms. The van der Waals surface area contributed by atoms with Crippen molar-refractivity contribution in [2.24, 2.45) is 0 Å². The van der Waals surface area contributed by atoms with Crippen LogP contribution in [0.2, 0.25) is 0 Å². The highest BCUT2D eigenvalue weighted by Gasteiger charge is 2.25. The Bertz CT molecular complexity index is 1320. The van der Waals surface area contributed by atoms with Crippen molar-refractivity contribution in [3.63, 3.8) is 0 Å². The molecule has 0 spiro atoms. The van der Waals surface area contributed by atoms with Crippen LogP contribution in [0.15, 0.2) is 48.6 Å². The first-order chi connectivity index (χ1) is 35.1. The number of allylic oxidation sites excluding steroid dienone is 8. The number of carbonyl (C=O) groups is 3. The molecule has 0 fully saturated rings. The molecule has 72 heavy (non-hydrogen) atoms. The second kappa shape index (κ2) is 54.5. The van der Waals surface area contributed by atoms with E-state index < -0.39 is 24.3 Å². The molecule has 0 aliphatic carbocycles. The number of nitrogens with zero attached hydrogens (tertiary/aromatic N) is 1. The van der Waals surface area contributed by atoms with Gasteiger partial charge in [-0.1, -0.05) is 262 Å². The lowest BCUT2D eigenvalue weighted by Gasteiger charge is -2.25. The Morgan fingerprint density at radius 2 is 0.792 bits per heavy atom. The number of quaternary nitrogens is 1. The number of carboxylic acids is 1. The van der Waals surface area contributed by atoms with Crippen LogP contribution < -0.4 is 0 Å². The van der Waals surface area contributed by atoms with Crippen LogP contribution in [0.3, 0.4) is 0 Å². The maximum atomic E-state index is 12.8. The van der Waals surface area contributed by atoms with Crippen LogP contribution in [-0.4, -0.2) is 87.4 Å². The van der Waals surface area contributed by atoms with E-state index in [4.69, 9.17) is 18.9 Å². The van der Waals surface area contributed by atoms with Crippen LogP contribution in [-0.2, 0) is 33.3 Å². The first-order valence-electron chi connectivity index (χ1n) is 30.3. The zero-order valence-corrected chi connectivity index (χ0v) is 47.8. The average molecular weight is 1020 g/mol. The molecule has 0 rings (SSSR count). The second-order valence-electron chi connectivity index (χ2n) is 21.6. The van der Waals surface area contributed by atoms with Crippen molar-refractivity contribution in [3.8, 4) is 0 Å². The largest absolute Gasteiger partial charge is 0.477 e. The summed E-state index contributed by atoms with van der Waals surface area (Å²) in [6.07, 6.45) is 65.2. The fourth-order valence-electron chi connectivity index (χ4n) is 8.71. The normalized spacial score (nSPS) is 13.1. The molecule has 0 amide bonds.